The second-order valence-corrected chi connectivity index (χ2v) is 8.69. The predicted octanol–water partition coefficient (Wildman–Crippen LogP) is 6.87. The molecule has 0 amide bonds. The van der Waals surface area contributed by atoms with E-state index in [9.17, 15) is 8.78 Å². The minimum absolute atomic E-state index is 0.0727. The van der Waals surface area contributed by atoms with Gasteiger partial charge in [-0.05, 0) is 75.2 Å². The summed E-state index contributed by atoms with van der Waals surface area (Å²) in [6.07, 6.45) is 13.0. The molecule has 1 atom stereocenters. The molecule has 0 aliphatic heterocycles. The van der Waals surface area contributed by atoms with E-state index in [-0.39, 0.29) is 5.76 Å². The Morgan fingerprint density at radius 3 is 2.04 bits per heavy atom. The zero-order valence-electron chi connectivity index (χ0n) is 17.0. The summed E-state index contributed by atoms with van der Waals surface area (Å²) < 4.78 is 39.1. The summed E-state index contributed by atoms with van der Waals surface area (Å²) in [6, 6.07) is 0. The van der Waals surface area contributed by atoms with Crippen LogP contribution in [0.15, 0.2) is 23.5 Å². The van der Waals surface area contributed by atoms with Gasteiger partial charge in [0.2, 0.25) is 0 Å². The molecule has 0 N–H and O–H groups in total. The van der Waals surface area contributed by atoms with Crippen LogP contribution in [-0.2, 0) is 9.47 Å². The third-order valence-corrected chi connectivity index (χ3v) is 7.10. The fourth-order valence-corrected chi connectivity index (χ4v) is 5.23. The van der Waals surface area contributed by atoms with Crippen LogP contribution >= 0.6 is 0 Å². The van der Waals surface area contributed by atoms with Crippen LogP contribution in [0.5, 0.6) is 0 Å². The number of rotatable bonds is 7. The van der Waals surface area contributed by atoms with Gasteiger partial charge in [0.05, 0.1) is 6.61 Å². The first-order valence-electron chi connectivity index (χ1n) is 11.1. The molecule has 0 heterocycles. The molecule has 0 saturated heterocycles. The van der Waals surface area contributed by atoms with Gasteiger partial charge in [0.15, 0.2) is 17.4 Å². The molecule has 0 radical (unpaired) electrons. The SMILES string of the molecule is CCOC1CC=C(OCC2CCC(C3CCC(CC)CC3)CC2)C(F)=C1F. The molecule has 2 saturated carbocycles. The van der Waals surface area contributed by atoms with Crippen molar-refractivity contribution in [3.05, 3.63) is 23.5 Å². The Morgan fingerprint density at radius 1 is 0.889 bits per heavy atom. The van der Waals surface area contributed by atoms with Crippen LogP contribution in [0, 0.1) is 23.7 Å². The zero-order chi connectivity index (χ0) is 19.2. The van der Waals surface area contributed by atoms with Crippen LogP contribution < -0.4 is 0 Å². The smallest absolute Gasteiger partial charge is 0.198 e. The Morgan fingerprint density at radius 2 is 1.48 bits per heavy atom. The first-order chi connectivity index (χ1) is 13.1. The van der Waals surface area contributed by atoms with E-state index in [0.29, 0.717) is 25.6 Å². The highest BCUT2D eigenvalue weighted by Crippen LogP contribution is 2.42. The molecule has 27 heavy (non-hydrogen) atoms. The van der Waals surface area contributed by atoms with Crippen molar-refractivity contribution in [1.29, 1.82) is 0 Å². The molecular formula is C23H36F2O2. The van der Waals surface area contributed by atoms with Crippen molar-refractivity contribution in [3.8, 4) is 0 Å². The van der Waals surface area contributed by atoms with E-state index in [1.54, 1.807) is 13.0 Å². The molecule has 3 rings (SSSR count). The molecule has 0 spiro atoms. The minimum Gasteiger partial charge on any atom is -0.490 e. The van der Waals surface area contributed by atoms with Crippen molar-refractivity contribution in [3.63, 3.8) is 0 Å². The van der Waals surface area contributed by atoms with Crippen LogP contribution in [0.4, 0.5) is 8.78 Å². The topological polar surface area (TPSA) is 18.5 Å². The number of hydrogen-bond donors (Lipinski definition) is 0. The second kappa shape index (κ2) is 10.0. The van der Waals surface area contributed by atoms with Crippen molar-refractivity contribution >= 4 is 0 Å². The van der Waals surface area contributed by atoms with Crippen molar-refractivity contribution in [2.45, 2.75) is 84.2 Å². The Hall–Kier alpha value is -0.900. The fraction of sp³-hybridized carbons (Fsp3) is 0.826. The van der Waals surface area contributed by atoms with Gasteiger partial charge in [0.1, 0.15) is 6.10 Å². The summed E-state index contributed by atoms with van der Waals surface area (Å²) in [5.74, 6) is 1.59. The maximum atomic E-state index is 14.2. The van der Waals surface area contributed by atoms with E-state index in [2.05, 4.69) is 6.92 Å². The highest BCUT2D eigenvalue weighted by Gasteiger charge is 2.31. The molecule has 154 valence electrons. The summed E-state index contributed by atoms with van der Waals surface area (Å²) in [7, 11) is 0. The van der Waals surface area contributed by atoms with E-state index < -0.39 is 17.8 Å². The van der Waals surface area contributed by atoms with Crippen LogP contribution in [-0.4, -0.2) is 19.3 Å². The van der Waals surface area contributed by atoms with E-state index in [0.717, 1.165) is 30.6 Å². The highest BCUT2D eigenvalue weighted by molar-refractivity contribution is 5.29. The molecule has 0 aromatic heterocycles. The van der Waals surface area contributed by atoms with Gasteiger partial charge in [-0.1, -0.05) is 26.2 Å². The largest absolute Gasteiger partial charge is 0.490 e. The third kappa shape index (κ3) is 5.34. The maximum Gasteiger partial charge on any atom is 0.198 e. The first kappa shape index (κ1) is 20.8. The van der Waals surface area contributed by atoms with E-state index in [1.165, 1.54) is 44.9 Å². The summed E-state index contributed by atoms with van der Waals surface area (Å²) in [5, 5.41) is 0. The fourth-order valence-electron chi connectivity index (χ4n) is 5.23. The Labute approximate surface area is 163 Å². The first-order valence-corrected chi connectivity index (χ1v) is 11.1. The lowest BCUT2D eigenvalue weighted by Gasteiger charge is -2.37. The van der Waals surface area contributed by atoms with Gasteiger partial charge in [-0.25, -0.2) is 4.39 Å². The normalized spacial score (nSPS) is 35.1. The summed E-state index contributed by atoms with van der Waals surface area (Å²) in [4.78, 5) is 0. The van der Waals surface area contributed by atoms with Crippen LogP contribution in [0.2, 0.25) is 0 Å². The van der Waals surface area contributed by atoms with E-state index in [1.807, 2.05) is 0 Å². The zero-order valence-corrected chi connectivity index (χ0v) is 17.0. The number of hydrogen-bond acceptors (Lipinski definition) is 2. The number of halogens is 2. The number of allylic oxidation sites excluding steroid dienone is 1. The van der Waals surface area contributed by atoms with E-state index in [4.69, 9.17) is 9.47 Å². The monoisotopic (exact) mass is 382 g/mol. The Bertz CT molecular complexity index is 526. The van der Waals surface area contributed by atoms with Crippen molar-refractivity contribution in [1.82, 2.24) is 0 Å². The lowest BCUT2D eigenvalue weighted by Crippen LogP contribution is -2.27. The average Bonchev–Trinajstić information content (AvgIpc) is 2.71. The third-order valence-electron chi connectivity index (χ3n) is 7.10. The molecule has 2 nitrogen and oxygen atoms in total. The molecule has 3 aliphatic rings. The molecule has 0 bridgehead atoms. The van der Waals surface area contributed by atoms with Crippen LogP contribution in [0.25, 0.3) is 0 Å². The lowest BCUT2D eigenvalue weighted by atomic mass is 9.69. The van der Waals surface area contributed by atoms with Crippen LogP contribution in [0.1, 0.15) is 78.1 Å². The van der Waals surface area contributed by atoms with Gasteiger partial charge in [0.25, 0.3) is 0 Å². The maximum absolute atomic E-state index is 14.2. The van der Waals surface area contributed by atoms with E-state index >= 15 is 0 Å². The summed E-state index contributed by atoms with van der Waals surface area (Å²) in [5.41, 5.74) is 0. The van der Waals surface area contributed by atoms with Gasteiger partial charge >= 0.3 is 0 Å². The average molecular weight is 383 g/mol. The predicted molar refractivity (Wildman–Crippen MR) is 104 cm³/mol. The van der Waals surface area contributed by atoms with Crippen LogP contribution in [0.3, 0.4) is 0 Å². The number of ether oxygens (including phenoxy) is 2. The van der Waals surface area contributed by atoms with Gasteiger partial charge in [0, 0.05) is 13.0 Å². The molecular weight excluding hydrogens is 346 g/mol. The molecule has 3 aliphatic carbocycles. The molecule has 0 aromatic carbocycles. The second-order valence-electron chi connectivity index (χ2n) is 8.69. The Kier molecular flexibility index (Phi) is 7.75. The van der Waals surface area contributed by atoms with Gasteiger partial charge in [-0.3, -0.25) is 0 Å². The summed E-state index contributed by atoms with van der Waals surface area (Å²) >= 11 is 0. The molecule has 1 unspecified atom stereocenters. The van der Waals surface area contributed by atoms with Gasteiger partial charge in [-0.2, -0.15) is 4.39 Å². The highest BCUT2D eigenvalue weighted by atomic mass is 19.2. The quantitative estimate of drug-likeness (QED) is 0.478. The molecule has 2 fully saturated rings. The standard InChI is InChI=1S/C23H36F2O2/c1-3-16-5-9-18(10-6-16)19-11-7-17(8-12-19)15-27-21-14-13-20(26-4-2)22(24)23(21)25/h14,16-20H,3-13,15H2,1-2H3. The molecule has 4 heteroatoms. The van der Waals surface area contributed by atoms with Crippen molar-refractivity contribution in [2.24, 2.45) is 23.7 Å². The van der Waals surface area contributed by atoms with Gasteiger partial charge < -0.3 is 9.47 Å². The lowest BCUT2D eigenvalue weighted by molar-refractivity contribution is 0.0609. The minimum atomic E-state index is -0.874. The van der Waals surface area contributed by atoms with Crippen molar-refractivity contribution < 1.29 is 18.3 Å². The van der Waals surface area contributed by atoms with Gasteiger partial charge in [-0.15, -0.1) is 0 Å². The molecule has 0 aromatic rings. The Balaban J connectivity index is 1.40. The van der Waals surface area contributed by atoms with Crippen molar-refractivity contribution in [2.75, 3.05) is 13.2 Å². The summed E-state index contributed by atoms with van der Waals surface area (Å²) in [6.45, 7) is 4.98.